The van der Waals surface area contributed by atoms with E-state index >= 15 is 0 Å². The molecule has 122 valence electrons. The van der Waals surface area contributed by atoms with Gasteiger partial charge >= 0.3 is 0 Å². The third-order valence-corrected chi connectivity index (χ3v) is 4.85. The molecule has 1 aliphatic heterocycles. The first-order valence-electron chi connectivity index (χ1n) is 8.52. The Morgan fingerprint density at radius 3 is 2.48 bits per heavy atom. The summed E-state index contributed by atoms with van der Waals surface area (Å²) in [6.07, 6.45) is 5.83. The van der Waals surface area contributed by atoms with Crippen molar-refractivity contribution in [1.82, 2.24) is 15.1 Å². The summed E-state index contributed by atoms with van der Waals surface area (Å²) in [5, 5.41) is 12.2. The monoisotopic (exact) mass is 297 g/mol. The summed E-state index contributed by atoms with van der Waals surface area (Å²) < 4.78 is 0. The van der Waals surface area contributed by atoms with E-state index in [4.69, 9.17) is 5.11 Å². The van der Waals surface area contributed by atoms with Gasteiger partial charge in [0.15, 0.2) is 0 Å². The molecule has 1 amide bonds. The van der Waals surface area contributed by atoms with Crippen molar-refractivity contribution >= 4 is 5.91 Å². The van der Waals surface area contributed by atoms with Gasteiger partial charge in [-0.15, -0.1) is 0 Å². The fraction of sp³-hybridized carbons (Fsp3) is 0.938. The lowest BCUT2D eigenvalue weighted by Gasteiger charge is -2.28. The van der Waals surface area contributed by atoms with Gasteiger partial charge < -0.3 is 10.4 Å². The van der Waals surface area contributed by atoms with Gasteiger partial charge in [-0.05, 0) is 51.1 Å². The molecule has 2 aliphatic rings. The average molecular weight is 297 g/mol. The van der Waals surface area contributed by atoms with Crippen molar-refractivity contribution in [2.24, 2.45) is 5.92 Å². The smallest absolute Gasteiger partial charge is 0.234 e. The van der Waals surface area contributed by atoms with Crippen LogP contribution in [0.4, 0.5) is 0 Å². The highest BCUT2D eigenvalue weighted by Gasteiger charge is 2.21. The van der Waals surface area contributed by atoms with E-state index in [1.807, 2.05) is 0 Å². The second-order valence-corrected chi connectivity index (χ2v) is 6.72. The number of rotatable bonds is 5. The fourth-order valence-corrected chi connectivity index (χ4v) is 3.43. The zero-order valence-electron chi connectivity index (χ0n) is 13.4. The Hall–Kier alpha value is -0.650. The minimum atomic E-state index is 0.185. The molecule has 0 atom stereocenters. The summed E-state index contributed by atoms with van der Waals surface area (Å²) in [5.41, 5.74) is 0. The summed E-state index contributed by atoms with van der Waals surface area (Å²) in [6, 6.07) is 0.395. The quantitative estimate of drug-likeness (QED) is 0.784. The maximum atomic E-state index is 12.2. The van der Waals surface area contributed by atoms with Gasteiger partial charge in [0.1, 0.15) is 0 Å². The Balaban J connectivity index is 1.67. The Kier molecular flexibility index (Phi) is 6.93. The first kappa shape index (κ1) is 16.7. The highest BCUT2D eigenvalue weighted by molar-refractivity contribution is 5.78. The molecule has 1 aliphatic carbocycles. The van der Waals surface area contributed by atoms with Crippen molar-refractivity contribution in [3.63, 3.8) is 0 Å². The molecule has 0 aromatic heterocycles. The van der Waals surface area contributed by atoms with E-state index in [1.165, 1.54) is 12.8 Å². The maximum Gasteiger partial charge on any atom is 0.234 e. The SMILES string of the molecule is CC1CCC(NC(=O)CN2CCCN(CCO)CC2)CC1. The van der Waals surface area contributed by atoms with Gasteiger partial charge in [-0.3, -0.25) is 14.6 Å². The topological polar surface area (TPSA) is 55.8 Å². The van der Waals surface area contributed by atoms with E-state index in [-0.39, 0.29) is 12.5 Å². The number of carbonyl (C=O) groups excluding carboxylic acids is 1. The molecule has 2 fully saturated rings. The van der Waals surface area contributed by atoms with Gasteiger partial charge in [0.2, 0.25) is 5.91 Å². The number of aliphatic hydroxyl groups is 1. The summed E-state index contributed by atoms with van der Waals surface area (Å²) in [5.74, 6) is 1.01. The van der Waals surface area contributed by atoms with Crippen molar-refractivity contribution < 1.29 is 9.90 Å². The molecule has 2 N–H and O–H groups in total. The molecular formula is C16H31N3O2. The van der Waals surface area contributed by atoms with Gasteiger partial charge in [0.25, 0.3) is 0 Å². The van der Waals surface area contributed by atoms with Crippen LogP contribution in [0, 0.1) is 5.92 Å². The Morgan fingerprint density at radius 2 is 1.76 bits per heavy atom. The van der Waals surface area contributed by atoms with Gasteiger partial charge in [-0.25, -0.2) is 0 Å². The number of carbonyl (C=O) groups is 1. The van der Waals surface area contributed by atoms with E-state index in [0.29, 0.717) is 12.6 Å². The van der Waals surface area contributed by atoms with Crippen molar-refractivity contribution in [2.75, 3.05) is 45.9 Å². The first-order valence-corrected chi connectivity index (χ1v) is 8.52. The zero-order valence-corrected chi connectivity index (χ0v) is 13.4. The van der Waals surface area contributed by atoms with Crippen LogP contribution in [0.5, 0.6) is 0 Å². The Bertz CT molecular complexity index is 317. The number of nitrogens with zero attached hydrogens (tertiary/aromatic N) is 2. The molecule has 1 saturated carbocycles. The van der Waals surface area contributed by atoms with Crippen molar-refractivity contribution in [1.29, 1.82) is 0 Å². The number of hydrogen-bond donors (Lipinski definition) is 2. The molecule has 0 radical (unpaired) electrons. The second kappa shape index (κ2) is 8.71. The fourth-order valence-electron chi connectivity index (χ4n) is 3.43. The molecule has 0 aromatic rings. The summed E-state index contributed by atoms with van der Waals surface area (Å²) >= 11 is 0. The second-order valence-electron chi connectivity index (χ2n) is 6.72. The van der Waals surface area contributed by atoms with Crippen LogP contribution in [-0.4, -0.2) is 72.7 Å². The molecule has 1 saturated heterocycles. The lowest BCUT2D eigenvalue weighted by molar-refractivity contribution is -0.123. The lowest BCUT2D eigenvalue weighted by atomic mass is 9.87. The Labute approximate surface area is 128 Å². The van der Waals surface area contributed by atoms with Crippen molar-refractivity contribution in [2.45, 2.75) is 45.1 Å². The van der Waals surface area contributed by atoms with Crippen molar-refractivity contribution in [3.05, 3.63) is 0 Å². The normalized spacial score (nSPS) is 29.0. The molecule has 0 spiro atoms. The van der Waals surface area contributed by atoms with Crippen LogP contribution in [0.2, 0.25) is 0 Å². The standard InChI is InChI=1S/C16H31N3O2/c1-14-3-5-15(6-4-14)17-16(21)13-19-8-2-7-18(9-10-19)11-12-20/h14-15,20H,2-13H2,1H3,(H,17,21). The van der Waals surface area contributed by atoms with Gasteiger partial charge in [-0.1, -0.05) is 6.92 Å². The number of β-amino-alcohol motifs (C(OH)–C–C–N with tert-alkyl or cyclic N) is 1. The molecule has 21 heavy (non-hydrogen) atoms. The van der Waals surface area contributed by atoms with Crippen LogP contribution in [0.1, 0.15) is 39.0 Å². The summed E-state index contributed by atoms with van der Waals surface area (Å²) in [6.45, 7) is 7.69. The van der Waals surface area contributed by atoms with E-state index in [9.17, 15) is 4.79 Å². The first-order chi connectivity index (χ1) is 10.2. The van der Waals surface area contributed by atoms with E-state index in [1.54, 1.807) is 0 Å². The molecule has 2 rings (SSSR count). The largest absolute Gasteiger partial charge is 0.395 e. The van der Waals surface area contributed by atoms with Crippen LogP contribution < -0.4 is 5.32 Å². The van der Waals surface area contributed by atoms with Crippen LogP contribution in [0.25, 0.3) is 0 Å². The van der Waals surface area contributed by atoms with E-state index < -0.39 is 0 Å². The third kappa shape index (κ3) is 5.93. The molecule has 0 aromatic carbocycles. The molecule has 5 heteroatoms. The number of aliphatic hydroxyl groups excluding tert-OH is 1. The molecular weight excluding hydrogens is 266 g/mol. The lowest BCUT2D eigenvalue weighted by Crippen LogP contribution is -2.44. The van der Waals surface area contributed by atoms with E-state index in [2.05, 4.69) is 22.0 Å². The number of amides is 1. The van der Waals surface area contributed by atoms with Gasteiger partial charge in [0, 0.05) is 25.7 Å². The zero-order chi connectivity index (χ0) is 15.1. The van der Waals surface area contributed by atoms with Crippen LogP contribution in [-0.2, 0) is 4.79 Å². The maximum absolute atomic E-state index is 12.2. The molecule has 1 heterocycles. The van der Waals surface area contributed by atoms with Gasteiger partial charge in [-0.2, -0.15) is 0 Å². The van der Waals surface area contributed by atoms with Crippen LogP contribution in [0.3, 0.4) is 0 Å². The summed E-state index contributed by atoms with van der Waals surface area (Å²) in [7, 11) is 0. The minimum absolute atomic E-state index is 0.185. The number of hydrogen-bond acceptors (Lipinski definition) is 4. The Morgan fingerprint density at radius 1 is 1.10 bits per heavy atom. The third-order valence-electron chi connectivity index (χ3n) is 4.85. The van der Waals surface area contributed by atoms with Crippen molar-refractivity contribution in [3.8, 4) is 0 Å². The summed E-state index contributed by atoms with van der Waals surface area (Å²) in [4.78, 5) is 16.7. The molecule has 0 unspecified atom stereocenters. The predicted octanol–water partition coefficient (Wildman–Crippen LogP) is 0.681. The van der Waals surface area contributed by atoms with Crippen LogP contribution in [0.15, 0.2) is 0 Å². The predicted molar refractivity (Wildman–Crippen MR) is 84.1 cm³/mol. The van der Waals surface area contributed by atoms with Crippen LogP contribution >= 0.6 is 0 Å². The highest BCUT2D eigenvalue weighted by atomic mass is 16.3. The van der Waals surface area contributed by atoms with E-state index in [0.717, 1.165) is 57.9 Å². The average Bonchev–Trinajstić information content (AvgIpc) is 2.67. The number of nitrogens with one attached hydrogen (secondary N) is 1. The molecule has 0 bridgehead atoms. The minimum Gasteiger partial charge on any atom is -0.395 e. The highest BCUT2D eigenvalue weighted by Crippen LogP contribution is 2.23. The molecule has 5 nitrogen and oxygen atoms in total. The van der Waals surface area contributed by atoms with Gasteiger partial charge in [0.05, 0.1) is 13.2 Å².